The standard InChI is InChI=1S/C28H28N4O6/c33-24-4-2-21(26(35)30-24)32-13-17-10-19-23(11-18(17)27(32)36)38-15-28(19)5-7-31(8-6-28)12-16-1-3-22-20(9-16)29-25(34)14-37-22/h1,3,9-11,21H,2,4-8,12-15H2,(H,29,34)(H,30,33,35). The highest BCUT2D eigenvalue weighted by molar-refractivity contribution is 6.05. The second-order valence-corrected chi connectivity index (χ2v) is 10.9. The summed E-state index contributed by atoms with van der Waals surface area (Å²) >= 11 is 0. The number of ether oxygens (including phenoxy) is 2. The van der Waals surface area contributed by atoms with Crippen molar-refractivity contribution >= 4 is 29.3 Å². The van der Waals surface area contributed by atoms with Crippen LogP contribution in [0.1, 0.15) is 52.7 Å². The maximum Gasteiger partial charge on any atom is 0.262 e. The number of amides is 4. The lowest BCUT2D eigenvalue weighted by molar-refractivity contribution is -0.137. The van der Waals surface area contributed by atoms with E-state index in [1.54, 1.807) is 4.90 Å². The first kappa shape index (κ1) is 23.2. The van der Waals surface area contributed by atoms with E-state index in [0.29, 0.717) is 30.9 Å². The number of anilines is 1. The van der Waals surface area contributed by atoms with Crippen LogP contribution in [-0.4, -0.2) is 65.8 Å². The number of rotatable bonds is 3. The van der Waals surface area contributed by atoms with Crippen LogP contribution in [0.2, 0.25) is 0 Å². The molecule has 2 N–H and O–H groups in total. The fourth-order valence-corrected chi connectivity index (χ4v) is 6.46. The third-order valence-electron chi connectivity index (χ3n) is 8.60. The molecule has 2 fully saturated rings. The Morgan fingerprint density at radius 3 is 2.61 bits per heavy atom. The Hall–Kier alpha value is -3.92. The minimum Gasteiger partial charge on any atom is -0.492 e. The molecule has 7 rings (SSSR count). The van der Waals surface area contributed by atoms with Crippen molar-refractivity contribution in [3.8, 4) is 11.5 Å². The van der Waals surface area contributed by atoms with Crippen LogP contribution in [-0.2, 0) is 32.9 Å². The average molecular weight is 517 g/mol. The number of benzene rings is 2. The smallest absolute Gasteiger partial charge is 0.262 e. The molecule has 1 spiro atoms. The molecule has 2 aromatic rings. The Morgan fingerprint density at radius 2 is 1.79 bits per heavy atom. The molecule has 0 aromatic heterocycles. The first-order chi connectivity index (χ1) is 18.4. The molecule has 1 unspecified atom stereocenters. The number of nitrogens with zero attached hydrogens (tertiary/aromatic N) is 2. The topological polar surface area (TPSA) is 117 Å². The molecule has 0 bridgehead atoms. The molecule has 2 aromatic carbocycles. The normalized spacial score (nSPS) is 23.8. The fourth-order valence-electron chi connectivity index (χ4n) is 6.46. The fraction of sp³-hybridized carbons (Fsp3) is 0.429. The van der Waals surface area contributed by atoms with Crippen molar-refractivity contribution in [2.24, 2.45) is 0 Å². The van der Waals surface area contributed by atoms with Gasteiger partial charge in [-0.2, -0.15) is 0 Å². The molecule has 0 radical (unpaired) electrons. The van der Waals surface area contributed by atoms with Crippen LogP contribution < -0.4 is 20.1 Å². The highest BCUT2D eigenvalue weighted by Gasteiger charge is 2.46. The van der Waals surface area contributed by atoms with E-state index in [1.165, 1.54) is 0 Å². The van der Waals surface area contributed by atoms with Gasteiger partial charge < -0.3 is 19.7 Å². The minimum atomic E-state index is -0.621. The Balaban J connectivity index is 1.05. The predicted octanol–water partition coefficient (Wildman–Crippen LogP) is 1.70. The van der Waals surface area contributed by atoms with E-state index in [9.17, 15) is 19.2 Å². The van der Waals surface area contributed by atoms with E-state index < -0.39 is 11.9 Å². The van der Waals surface area contributed by atoms with Crippen LogP contribution in [0.15, 0.2) is 30.3 Å². The molecule has 5 aliphatic rings. The molecule has 1 atom stereocenters. The Morgan fingerprint density at radius 1 is 0.947 bits per heavy atom. The molecule has 10 nitrogen and oxygen atoms in total. The number of likely N-dealkylation sites (tertiary alicyclic amines) is 1. The van der Waals surface area contributed by atoms with Crippen molar-refractivity contribution in [1.82, 2.24) is 15.1 Å². The van der Waals surface area contributed by atoms with Crippen LogP contribution in [0.25, 0.3) is 0 Å². The quantitative estimate of drug-likeness (QED) is 0.597. The molecular weight excluding hydrogens is 488 g/mol. The van der Waals surface area contributed by atoms with Gasteiger partial charge in [-0.1, -0.05) is 6.07 Å². The molecule has 2 saturated heterocycles. The van der Waals surface area contributed by atoms with E-state index in [2.05, 4.69) is 21.6 Å². The van der Waals surface area contributed by atoms with Crippen LogP contribution in [0, 0.1) is 0 Å². The molecule has 0 saturated carbocycles. The number of imide groups is 1. The van der Waals surface area contributed by atoms with Crippen LogP contribution in [0.4, 0.5) is 5.69 Å². The summed E-state index contributed by atoms with van der Waals surface area (Å²) in [7, 11) is 0. The van der Waals surface area contributed by atoms with Crippen molar-refractivity contribution in [1.29, 1.82) is 0 Å². The third kappa shape index (κ3) is 3.74. The summed E-state index contributed by atoms with van der Waals surface area (Å²) in [6.07, 6.45) is 2.47. The number of nitrogens with one attached hydrogen (secondary N) is 2. The zero-order chi connectivity index (χ0) is 26.0. The van der Waals surface area contributed by atoms with Gasteiger partial charge in [0.1, 0.15) is 17.5 Å². The second-order valence-electron chi connectivity index (χ2n) is 10.9. The van der Waals surface area contributed by atoms with Crippen molar-refractivity contribution < 1.29 is 28.7 Å². The summed E-state index contributed by atoms with van der Waals surface area (Å²) in [6, 6.07) is 9.29. The summed E-state index contributed by atoms with van der Waals surface area (Å²) in [5.74, 6) is 0.465. The predicted molar refractivity (Wildman–Crippen MR) is 135 cm³/mol. The molecule has 0 aliphatic carbocycles. The van der Waals surface area contributed by atoms with Gasteiger partial charge in [0, 0.05) is 36.1 Å². The maximum absolute atomic E-state index is 13.2. The minimum absolute atomic E-state index is 0.0520. The Kier molecular flexibility index (Phi) is 5.23. The first-order valence-corrected chi connectivity index (χ1v) is 13.1. The van der Waals surface area contributed by atoms with Crippen molar-refractivity contribution in [2.75, 3.05) is 31.6 Å². The number of piperidine rings is 2. The molecule has 5 heterocycles. The lowest BCUT2D eigenvalue weighted by Gasteiger charge is -2.38. The van der Waals surface area contributed by atoms with Crippen molar-refractivity contribution in [3.63, 3.8) is 0 Å². The summed E-state index contributed by atoms with van der Waals surface area (Å²) in [5.41, 5.74) is 4.42. The second kappa shape index (κ2) is 8.56. The van der Waals surface area contributed by atoms with Gasteiger partial charge in [0.2, 0.25) is 11.8 Å². The summed E-state index contributed by atoms with van der Waals surface area (Å²) in [5, 5.41) is 5.23. The Bertz CT molecular complexity index is 1400. The molecule has 38 heavy (non-hydrogen) atoms. The number of carbonyl (C=O) groups excluding carboxylic acids is 4. The van der Waals surface area contributed by atoms with Crippen LogP contribution >= 0.6 is 0 Å². The summed E-state index contributed by atoms with van der Waals surface area (Å²) in [4.78, 5) is 52.8. The van der Waals surface area contributed by atoms with E-state index in [1.807, 2.05) is 24.3 Å². The number of carbonyl (C=O) groups is 4. The van der Waals surface area contributed by atoms with E-state index in [0.717, 1.165) is 60.6 Å². The lowest BCUT2D eigenvalue weighted by Crippen LogP contribution is -2.52. The largest absolute Gasteiger partial charge is 0.492 e. The summed E-state index contributed by atoms with van der Waals surface area (Å²) in [6.45, 7) is 3.62. The van der Waals surface area contributed by atoms with Gasteiger partial charge in [0.05, 0.1) is 12.3 Å². The van der Waals surface area contributed by atoms with Gasteiger partial charge >= 0.3 is 0 Å². The number of fused-ring (bicyclic) bond motifs is 4. The van der Waals surface area contributed by atoms with E-state index >= 15 is 0 Å². The first-order valence-electron chi connectivity index (χ1n) is 13.1. The zero-order valence-electron chi connectivity index (χ0n) is 20.9. The van der Waals surface area contributed by atoms with Gasteiger partial charge in [-0.05, 0) is 67.7 Å². The van der Waals surface area contributed by atoms with Gasteiger partial charge in [-0.3, -0.25) is 29.4 Å². The zero-order valence-corrected chi connectivity index (χ0v) is 20.9. The average Bonchev–Trinajstić information content (AvgIpc) is 3.41. The summed E-state index contributed by atoms with van der Waals surface area (Å²) < 4.78 is 11.6. The SMILES string of the molecule is O=C1CCC(N2Cc3cc4c(cc3C2=O)OCC42CCN(Cc3ccc4c(c3)NC(=O)CO4)CC2)C(=O)N1. The maximum atomic E-state index is 13.2. The van der Waals surface area contributed by atoms with Gasteiger partial charge in [0.15, 0.2) is 6.61 Å². The third-order valence-corrected chi connectivity index (χ3v) is 8.60. The monoisotopic (exact) mass is 516 g/mol. The number of hydrogen-bond acceptors (Lipinski definition) is 7. The van der Waals surface area contributed by atoms with E-state index in [-0.39, 0.29) is 36.2 Å². The van der Waals surface area contributed by atoms with Crippen LogP contribution in [0.3, 0.4) is 0 Å². The van der Waals surface area contributed by atoms with Crippen molar-refractivity contribution in [2.45, 2.75) is 50.2 Å². The van der Waals surface area contributed by atoms with E-state index in [4.69, 9.17) is 9.47 Å². The molecular formula is C28H28N4O6. The highest BCUT2D eigenvalue weighted by Crippen LogP contribution is 2.48. The van der Waals surface area contributed by atoms with Gasteiger partial charge in [0.25, 0.3) is 11.8 Å². The Labute approximate surface area is 219 Å². The highest BCUT2D eigenvalue weighted by atomic mass is 16.5. The van der Waals surface area contributed by atoms with Gasteiger partial charge in [-0.15, -0.1) is 0 Å². The number of hydrogen-bond donors (Lipinski definition) is 2. The molecule has 196 valence electrons. The molecule has 10 heteroatoms. The molecule has 4 amide bonds. The molecule has 5 aliphatic heterocycles. The van der Waals surface area contributed by atoms with Crippen LogP contribution in [0.5, 0.6) is 11.5 Å². The van der Waals surface area contributed by atoms with Crippen molar-refractivity contribution in [3.05, 3.63) is 52.6 Å². The lowest BCUT2D eigenvalue weighted by atomic mass is 9.74. The van der Waals surface area contributed by atoms with Gasteiger partial charge in [-0.25, -0.2) is 0 Å².